The van der Waals surface area contributed by atoms with Crippen LogP contribution in [0.15, 0.2) is 60.8 Å². The van der Waals surface area contributed by atoms with Crippen LogP contribution < -0.4 is 4.48 Å². The lowest BCUT2D eigenvalue weighted by atomic mass is 10.0. The molecule has 0 amide bonds. The van der Waals surface area contributed by atoms with Gasteiger partial charge in [0.15, 0.2) is 0 Å². The summed E-state index contributed by atoms with van der Waals surface area (Å²) in [6, 6.07) is 17.6. The van der Waals surface area contributed by atoms with E-state index in [4.69, 9.17) is 0 Å². The molecule has 2 aromatic rings. The molecule has 0 atom stereocenters. The molecule has 0 saturated heterocycles. The molecule has 0 fully saturated rings. The lowest BCUT2D eigenvalue weighted by Crippen LogP contribution is -2.33. The number of quaternary nitrogens is 1. The van der Waals surface area contributed by atoms with Crippen LogP contribution in [0, 0.1) is 0 Å². The van der Waals surface area contributed by atoms with Crippen molar-refractivity contribution < 1.29 is 0 Å². The average molecular weight is 250 g/mol. The summed E-state index contributed by atoms with van der Waals surface area (Å²) >= 11 is 0. The quantitative estimate of drug-likeness (QED) is 0.649. The molecular weight excluding hydrogens is 230 g/mol. The van der Waals surface area contributed by atoms with Gasteiger partial charge in [0, 0.05) is 23.3 Å². The van der Waals surface area contributed by atoms with Gasteiger partial charge in [0.25, 0.3) is 0 Å². The highest BCUT2D eigenvalue weighted by molar-refractivity contribution is 5.68. The van der Waals surface area contributed by atoms with E-state index in [9.17, 15) is 0 Å². The van der Waals surface area contributed by atoms with Crippen molar-refractivity contribution in [2.24, 2.45) is 0 Å². The van der Waals surface area contributed by atoms with Gasteiger partial charge in [-0.05, 0) is 25.8 Å². The topological polar surface area (TPSA) is 0 Å². The maximum absolute atomic E-state index is 2.28. The fraction of sp³-hybridized carbons (Fsp3) is 0.222. The largest absolute Gasteiger partial charge is 0.235 e. The normalized spacial score (nSPS) is 16.7. The minimum absolute atomic E-state index is 0.767. The Balaban J connectivity index is 2.31. The molecule has 1 aliphatic heterocycles. The van der Waals surface area contributed by atoms with Gasteiger partial charge in [0.1, 0.15) is 17.6 Å². The zero-order chi connectivity index (χ0) is 13.3. The van der Waals surface area contributed by atoms with Crippen molar-refractivity contribution >= 4 is 11.4 Å². The maximum Gasteiger partial charge on any atom is 0.145 e. The third-order valence-corrected chi connectivity index (χ3v) is 4.10. The van der Waals surface area contributed by atoms with E-state index in [1.807, 2.05) is 0 Å². The average Bonchev–Trinajstić information content (AvgIpc) is 2.57. The van der Waals surface area contributed by atoms with Gasteiger partial charge in [-0.2, -0.15) is 0 Å². The van der Waals surface area contributed by atoms with E-state index in [0.717, 1.165) is 17.3 Å². The molecule has 2 aromatic carbocycles. The Kier molecular flexibility index (Phi) is 3.00. The van der Waals surface area contributed by atoms with Crippen LogP contribution in [-0.4, -0.2) is 7.05 Å². The summed E-state index contributed by atoms with van der Waals surface area (Å²) in [5, 5.41) is 0. The molecule has 0 radical (unpaired) electrons. The second-order valence-corrected chi connectivity index (χ2v) is 5.32. The number of hydrogen-bond acceptors (Lipinski definition) is 0. The highest BCUT2D eigenvalue weighted by Crippen LogP contribution is 2.41. The van der Waals surface area contributed by atoms with Crippen molar-refractivity contribution in [3.05, 3.63) is 71.9 Å². The highest BCUT2D eigenvalue weighted by Gasteiger charge is 2.32. The van der Waals surface area contributed by atoms with Crippen molar-refractivity contribution in [2.75, 3.05) is 7.05 Å². The van der Waals surface area contributed by atoms with E-state index in [1.165, 1.54) is 22.5 Å². The van der Waals surface area contributed by atoms with Gasteiger partial charge in [0.2, 0.25) is 0 Å². The Hall–Kier alpha value is -1.86. The van der Waals surface area contributed by atoms with Crippen LogP contribution in [0.1, 0.15) is 18.1 Å². The summed E-state index contributed by atoms with van der Waals surface area (Å²) in [4.78, 5) is 0. The lowest BCUT2D eigenvalue weighted by Gasteiger charge is -2.30. The van der Waals surface area contributed by atoms with Crippen molar-refractivity contribution in [1.82, 2.24) is 4.48 Å². The van der Waals surface area contributed by atoms with E-state index in [2.05, 4.69) is 74.8 Å². The van der Waals surface area contributed by atoms with Gasteiger partial charge >= 0.3 is 0 Å². The summed E-state index contributed by atoms with van der Waals surface area (Å²) in [5.41, 5.74) is 5.70. The number of aryl methyl sites for hydroxylation is 2. The molecule has 0 N–H and O–H groups in total. The fourth-order valence-corrected chi connectivity index (χ4v) is 3.21. The van der Waals surface area contributed by atoms with E-state index in [0.29, 0.717) is 0 Å². The second-order valence-electron chi connectivity index (χ2n) is 5.32. The van der Waals surface area contributed by atoms with Crippen molar-refractivity contribution in [3.63, 3.8) is 0 Å². The Bertz CT molecular complexity index is 578. The maximum atomic E-state index is 2.28. The summed E-state index contributed by atoms with van der Waals surface area (Å²) in [6.07, 6.45) is 6.68. The standard InChI is InChI=1S/C18H20N/c1-3-14-19(2)17-10-6-4-8-15(17)12-13-16-9-5-7-11-18(16)19/h3-11,14H,12-13H2,1-2H3/q+1/b14-3+. The number of rotatable bonds is 1. The van der Waals surface area contributed by atoms with Crippen LogP contribution in [0.25, 0.3) is 0 Å². The molecule has 0 spiro atoms. The smallest absolute Gasteiger partial charge is 0.145 e. The van der Waals surface area contributed by atoms with E-state index in [1.54, 1.807) is 0 Å². The van der Waals surface area contributed by atoms with Crippen LogP contribution in [0.2, 0.25) is 0 Å². The molecule has 0 bridgehead atoms. The predicted octanol–water partition coefficient (Wildman–Crippen LogP) is 4.59. The molecule has 19 heavy (non-hydrogen) atoms. The molecule has 96 valence electrons. The fourth-order valence-electron chi connectivity index (χ4n) is 3.21. The Labute approximate surface area is 115 Å². The molecule has 1 heterocycles. The van der Waals surface area contributed by atoms with Crippen molar-refractivity contribution in [3.8, 4) is 0 Å². The molecular formula is C18H20N+. The van der Waals surface area contributed by atoms with Crippen LogP contribution in [0.3, 0.4) is 0 Å². The molecule has 1 heteroatoms. The first-order valence-electron chi connectivity index (χ1n) is 6.93. The summed E-state index contributed by atoms with van der Waals surface area (Å²) in [5.74, 6) is 0. The minimum atomic E-state index is 0.767. The Morgan fingerprint density at radius 3 is 1.79 bits per heavy atom. The number of allylic oxidation sites excluding steroid dienone is 1. The summed E-state index contributed by atoms with van der Waals surface area (Å²) in [7, 11) is 2.28. The van der Waals surface area contributed by atoms with Crippen molar-refractivity contribution in [1.29, 1.82) is 0 Å². The first kappa shape index (κ1) is 12.2. The Morgan fingerprint density at radius 2 is 1.32 bits per heavy atom. The monoisotopic (exact) mass is 250 g/mol. The SMILES string of the molecule is C/C=C/[N+]1(C)c2ccccc2CCc2ccccc21. The molecule has 1 nitrogen and oxygen atoms in total. The van der Waals surface area contributed by atoms with Gasteiger partial charge in [0.05, 0.1) is 7.05 Å². The number of nitrogens with zero attached hydrogens (tertiary/aromatic N) is 1. The van der Waals surface area contributed by atoms with E-state index >= 15 is 0 Å². The van der Waals surface area contributed by atoms with Crippen LogP contribution in [0.5, 0.6) is 0 Å². The molecule has 1 aliphatic rings. The first-order valence-corrected chi connectivity index (χ1v) is 6.93. The molecule has 0 saturated carbocycles. The lowest BCUT2D eigenvalue weighted by molar-refractivity contribution is 0.607. The van der Waals surface area contributed by atoms with Crippen molar-refractivity contribution in [2.45, 2.75) is 19.8 Å². The summed E-state index contributed by atoms with van der Waals surface area (Å²) < 4.78 is 0.767. The number of hydrogen-bond donors (Lipinski definition) is 0. The van der Waals surface area contributed by atoms with E-state index < -0.39 is 0 Å². The molecule has 0 aromatic heterocycles. The number of para-hydroxylation sites is 2. The molecule has 0 aliphatic carbocycles. The van der Waals surface area contributed by atoms with Gasteiger partial charge in [-0.3, -0.25) is 0 Å². The third kappa shape index (κ3) is 1.91. The first-order chi connectivity index (χ1) is 9.25. The zero-order valence-corrected chi connectivity index (χ0v) is 11.6. The molecule has 3 rings (SSSR count). The van der Waals surface area contributed by atoms with Crippen LogP contribution >= 0.6 is 0 Å². The van der Waals surface area contributed by atoms with Crippen LogP contribution in [-0.2, 0) is 12.8 Å². The van der Waals surface area contributed by atoms with Gasteiger partial charge in [-0.15, -0.1) is 0 Å². The summed E-state index contributed by atoms with van der Waals surface area (Å²) in [6.45, 7) is 2.10. The minimum Gasteiger partial charge on any atom is -0.235 e. The van der Waals surface area contributed by atoms with E-state index in [-0.39, 0.29) is 0 Å². The third-order valence-electron chi connectivity index (χ3n) is 4.10. The Morgan fingerprint density at radius 1 is 0.842 bits per heavy atom. The van der Waals surface area contributed by atoms with Gasteiger partial charge in [-0.25, -0.2) is 4.48 Å². The van der Waals surface area contributed by atoms with Crippen LogP contribution in [0.4, 0.5) is 11.4 Å². The zero-order valence-electron chi connectivity index (χ0n) is 11.6. The second kappa shape index (κ2) is 4.67. The van der Waals surface area contributed by atoms with Gasteiger partial charge in [-0.1, -0.05) is 36.4 Å². The number of benzene rings is 2. The highest BCUT2D eigenvalue weighted by atomic mass is 15.3. The van der Waals surface area contributed by atoms with Gasteiger partial charge < -0.3 is 0 Å². The number of fused-ring (bicyclic) bond motifs is 2. The predicted molar refractivity (Wildman–Crippen MR) is 82.5 cm³/mol. The molecule has 0 unspecified atom stereocenters.